The summed E-state index contributed by atoms with van der Waals surface area (Å²) in [6.07, 6.45) is 2.84. The molecule has 2 N–H and O–H groups in total. The van der Waals surface area contributed by atoms with E-state index in [2.05, 4.69) is 14.9 Å². The van der Waals surface area contributed by atoms with E-state index in [9.17, 15) is 19.4 Å². The highest BCUT2D eigenvalue weighted by molar-refractivity contribution is 7.99. The lowest BCUT2D eigenvalue weighted by Gasteiger charge is -2.36. The number of benzene rings is 1. The fraction of sp³-hybridized carbons (Fsp3) is 0.423. The predicted octanol–water partition coefficient (Wildman–Crippen LogP) is 4.41. The first-order chi connectivity index (χ1) is 16.9. The van der Waals surface area contributed by atoms with Gasteiger partial charge in [0.2, 0.25) is 5.95 Å². The Morgan fingerprint density at radius 3 is 2.94 bits per heavy atom. The maximum absolute atomic E-state index is 13.3. The molecular weight excluding hydrogens is 469 g/mol. The highest BCUT2D eigenvalue weighted by Gasteiger charge is 2.34. The molecule has 2 aromatic heterocycles. The van der Waals surface area contributed by atoms with Crippen molar-refractivity contribution in [3.63, 3.8) is 0 Å². The number of carbonyl (C=O) groups is 1. The number of fused-ring (bicyclic) bond motifs is 1. The quantitative estimate of drug-likeness (QED) is 0.313. The van der Waals surface area contributed by atoms with E-state index in [1.54, 1.807) is 25.4 Å². The van der Waals surface area contributed by atoms with Gasteiger partial charge >= 0.3 is 5.97 Å². The number of pyridine rings is 2. The standard InChI is InChI=1S/C26H30FN3O4S/c1-34-18-6-7-22-20(15-18)19(9-11-28-22)23(31)8-5-17-10-12-30(16-21(17)26(32)33)13-14-35-25-4-2-3-24(27)29-25/h2-4,6-7,9,11,15,17,21,23,31H,5,8,10,12-14,16H2,1H3,(H,32,33)/t17-,21+,23-/m1/s1. The molecule has 1 aliphatic rings. The maximum Gasteiger partial charge on any atom is 0.308 e. The van der Waals surface area contributed by atoms with Crippen LogP contribution in [-0.4, -0.2) is 63.5 Å². The number of rotatable bonds is 10. The largest absolute Gasteiger partial charge is 0.497 e. The average Bonchev–Trinajstić information content (AvgIpc) is 2.87. The monoisotopic (exact) mass is 499 g/mol. The van der Waals surface area contributed by atoms with Gasteiger partial charge in [-0.15, -0.1) is 11.8 Å². The molecule has 0 aliphatic carbocycles. The molecule has 186 valence electrons. The molecule has 3 heterocycles. The summed E-state index contributed by atoms with van der Waals surface area (Å²) in [4.78, 5) is 22.4. The van der Waals surface area contributed by atoms with Crippen LogP contribution in [0.2, 0.25) is 0 Å². The van der Waals surface area contributed by atoms with Crippen molar-refractivity contribution in [1.82, 2.24) is 14.9 Å². The van der Waals surface area contributed by atoms with E-state index >= 15 is 0 Å². The average molecular weight is 500 g/mol. The number of nitrogens with zero attached hydrogens (tertiary/aromatic N) is 3. The first kappa shape index (κ1) is 25.3. The van der Waals surface area contributed by atoms with Gasteiger partial charge < -0.3 is 19.8 Å². The second-order valence-corrected chi connectivity index (χ2v) is 9.93. The van der Waals surface area contributed by atoms with E-state index in [0.29, 0.717) is 42.5 Å². The Labute approximate surface area is 208 Å². The number of carboxylic acids is 1. The number of aliphatic hydroxyl groups is 1. The van der Waals surface area contributed by atoms with Crippen LogP contribution in [0.5, 0.6) is 5.75 Å². The van der Waals surface area contributed by atoms with Crippen molar-refractivity contribution in [2.45, 2.75) is 30.4 Å². The van der Waals surface area contributed by atoms with Crippen molar-refractivity contribution in [3.05, 3.63) is 60.2 Å². The minimum absolute atomic E-state index is 0.00132. The number of halogens is 1. The Morgan fingerprint density at radius 2 is 2.17 bits per heavy atom. The van der Waals surface area contributed by atoms with Gasteiger partial charge in [-0.25, -0.2) is 4.98 Å². The van der Waals surface area contributed by atoms with E-state index in [1.165, 1.54) is 17.8 Å². The second kappa shape index (κ2) is 11.8. The molecule has 1 aromatic carbocycles. The van der Waals surface area contributed by atoms with Crippen molar-refractivity contribution < 1.29 is 24.1 Å². The zero-order valence-corrected chi connectivity index (χ0v) is 20.5. The molecule has 1 aliphatic heterocycles. The zero-order valence-electron chi connectivity index (χ0n) is 19.6. The molecular formula is C26H30FN3O4S. The summed E-state index contributed by atoms with van der Waals surface area (Å²) in [7, 11) is 1.60. The van der Waals surface area contributed by atoms with Crippen LogP contribution in [0.25, 0.3) is 10.9 Å². The Hall–Kier alpha value is -2.75. The van der Waals surface area contributed by atoms with Gasteiger partial charge in [0, 0.05) is 30.4 Å². The van der Waals surface area contributed by atoms with Gasteiger partial charge in [0.15, 0.2) is 0 Å². The van der Waals surface area contributed by atoms with E-state index in [-0.39, 0.29) is 5.92 Å². The molecule has 4 rings (SSSR count). The number of thioether (sulfide) groups is 1. The molecule has 0 amide bonds. The first-order valence-electron chi connectivity index (χ1n) is 11.8. The summed E-state index contributed by atoms with van der Waals surface area (Å²) in [6.45, 7) is 1.99. The molecule has 35 heavy (non-hydrogen) atoms. The highest BCUT2D eigenvalue weighted by atomic mass is 32.2. The summed E-state index contributed by atoms with van der Waals surface area (Å²) in [5.41, 5.74) is 1.56. The van der Waals surface area contributed by atoms with Crippen LogP contribution in [0.3, 0.4) is 0 Å². The minimum atomic E-state index is -0.798. The lowest BCUT2D eigenvalue weighted by atomic mass is 9.81. The SMILES string of the molecule is COc1ccc2nccc([C@H](O)CC[C@@H]3CCN(CCSc4cccc(F)n4)C[C@@H]3C(=O)O)c2c1. The number of methoxy groups -OCH3 is 1. The third-order valence-electron chi connectivity index (χ3n) is 6.66. The van der Waals surface area contributed by atoms with E-state index in [4.69, 9.17) is 4.74 Å². The number of aliphatic hydroxyl groups excluding tert-OH is 1. The first-order valence-corrected chi connectivity index (χ1v) is 12.7. The third-order valence-corrected chi connectivity index (χ3v) is 7.57. The van der Waals surface area contributed by atoms with E-state index < -0.39 is 23.9 Å². The number of aromatic nitrogens is 2. The number of carboxylic acid groups (broad SMARTS) is 1. The van der Waals surface area contributed by atoms with Crippen molar-refractivity contribution in [3.8, 4) is 5.75 Å². The predicted molar refractivity (Wildman–Crippen MR) is 133 cm³/mol. The minimum Gasteiger partial charge on any atom is -0.497 e. The van der Waals surface area contributed by atoms with E-state index in [1.807, 2.05) is 24.3 Å². The molecule has 9 heteroatoms. The summed E-state index contributed by atoms with van der Waals surface area (Å²) in [5, 5.41) is 22.3. The lowest BCUT2D eigenvalue weighted by Crippen LogP contribution is -2.44. The third kappa shape index (κ3) is 6.48. The van der Waals surface area contributed by atoms with Crippen molar-refractivity contribution in [1.29, 1.82) is 0 Å². The summed E-state index contributed by atoms with van der Waals surface area (Å²) >= 11 is 1.47. The van der Waals surface area contributed by atoms with Crippen LogP contribution < -0.4 is 4.74 Å². The molecule has 3 aromatic rings. The van der Waals surface area contributed by atoms with Gasteiger partial charge in [0.25, 0.3) is 0 Å². The molecule has 7 nitrogen and oxygen atoms in total. The molecule has 1 saturated heterocycles. The zero-order chi connectivity index (χ0) is 24.8. The molecule has 0 bridgehead atoms. The molecule has 0 spiro atoms. The van der Waals surface area contributed by atoms with Crippen LogP contribution in [0.4, 0.5) is 4.39 Å². The van der Waals surface area contributed by atoms with Crippen molar-refractivity contribution in [2.24, 2.45) is 11.8 Å². The summed E-state index contributed by atoms with van der Waals surface area (Å²) < 4.78 is 18.6. The van der Waals surface area contributed by atoms with Gasteiger partial charge in [-0.05, 0) is 73.7 Å². The Balaban J connectivity index is 1.33. The number of piperidine rings is 1. The van der Waals surface area contributed by atoms with Crippen LogP contribution in [0, 0.1) is 17.8 Å². The molecule has 1 fully saturated rings. The number of likely N-dealkylation sites (tertiary alicyclic amines) is 1. The van der Waals surface area contributed by atoms with Gasteiger partial charge in [-0.1, -0.05) is 6.07 Å². The van der Waals surface area contributed by atoms with Crippen molar-refractivity contribution in [2.75, 3.05) is 32.5 Å². The number of ether oxygens (including phenoxy) is 1. The lowest BCUT2D eigenvalue weighted by molar-refractivity contribution is -0.146. The second-order valence-electron chi connectivity index (χ2n) is 8.82. The molecule has 3 atom stereocenters. The molecule has 0 saturated carbocycles. The topological polar surface area (TPSA) is 95.8 Å². The number of aliphatic carboxylic acids is 1. The number of hydrogen-bond acceptors (Lipinski definition) is 7. The van der Waals surface area contributed by atoms with Gasteiger partial charge in [-0.2, -0.15) is 4.39 Å². The fourth-order valence-corrected chi connectivity index (χ4v) is 5.62. The van der Waals surface area contributed by atoms with E-state index in [0.717, 1.165) is 29.4 Å². The van der Waals surface area contributed by atoms with Crippen molar-refractivity contribution >= 4 is 28.6 Å². The van der Waals surface area contributed by atoms with Crippen LogP contribution >= 0.6 is 11.8 Å². The summed E-state index contributed by atoms with van der Waals surface area (Å²) in [6, 6.07) is 12.1. The van der Waals surface area contributed by atoms with Crippen LogP contribution in [-0.2, 0) is 4.79 Å². The molecule has 0 radical (unpaired) electrons. The number of hydrogen-bond donors (Lipinski definition) is 2. The Morgan fingerprint density at radius 1 is 1.31 bits per heavy atom. The van der Waals surface area contributed by atoms with Crippen LogP contribution in [0.15, 0.2) is 53.7 Å². The Kier molecular flexibility index (Phi) is 8.54. The smallest absolute Gasteiger partial charge is 0.308 e. The normalized spacial score (nSPS) is 19.5. The van der Waals surface area contributed by atoms with Gasteiger partial charge in [0.1, 0.15) is 5.75 Å². The highest BCUT2D eigenvalue weighted by Crippen LogP contribution is 2.34. The van der Waals surface area contributed by atoms with Crippen LogP contribution in [0.1, 0.15) is 30.9 Å². The molecule has 0 unspecified atom stereocenters. The van der Waals surface area contributed by atoms with Gasteiger partial charge in [-0.3, -0.25) is 9.78 Å². The fourth-order valence-electron chi connectivity index (χ4n) is 4.74. The Bertz CT molecular complexity index is 1160. The summed E-state index contributed by atoms with van der Waals surface area (Å²) in [5.74, 6) is -0.370. The maximum atomic E-state index is 13.3. The van der Waals surface area contributed by atoms with Gasteiger partial charge in [0.05, 0.1) is 29.7 Å².